The monoisotopic (exact) mass is 1810 g/mol. The van der Waals surface area contributed by atoms with Gasteiger partial charge in [0.2, 0.25) is 29.1 Å². The number of hydrogen-bond acceptors (Lipinski definition) is 25. The Labute approximate surface area is 741 Å². The van der Waals surface area contributed by atoms with Gasteiger partial charge in [-0.25, -0.2) is 37.5 Å². The van der Waals surface area contributed by atoms with E-state index in [1.165, 1.54) is 39.0 Å². The zero-order chi connectivity index (χ0) is 90.9. The number of ether oxygens (including phenoxy) is 4. The maximum atomic E-state index is 14.5. The van der Waals surface area contributed by atoms with E-state index < -0.39 is 37.0 Å². The fourth-order valence-corrected chi connectivity index (χ4v) is 13.6. The number of rotatable bonds is 18. The minimum absolute atomic E-state index is 0. The second-order valence-corrected chi connectivity index (χ2v) is 31.6. The molecule has 3 saturated heterocycles. The molecule has 0 radical (unpaired) electrons. The highest BCUT2D eigenvalue weighted by molar-refractivity contribution is 9.10. The lowest BCUT2D eigenvalue weighted by atomic mass is 9.81. The van der Waals surface area contributed by atoms with Crippen LogP contribution in [0.15, 0.2) is 120 Å². The van der Waals surface area contributed by atoms with Crippen molar-refractivity contribution in [1.82, 2.24) is 89.4 Å². The van der Waals surface area contributed by atoms with Crippen molar-refractivity contribution in [3.63, 3.8) is 0 Å². The van der Waals surface area contributed by atoms with Crippen LogP contribution in [0, 0.1) is 26.3 Å². The van der Waals surface area contributed by atoms with E-state index in [0.29, 0.717) is 146 Å². The summed E-state index contributed by atoms with van der Waals surface area (Å²) in [5.74, 6) is 3.79. The fourth-order valence-electron chi connectivity index (χ4n) is 13.1. The average Bonchev–Trinajstić information content (AvgIpc) is 1.60. The number of methoxy groups -OCH3 is 2. The van der Waals surface area contributed by atoms with E-state index in [2.05, 4.69) is 125 Å². The van der Waals surface area contributed by atoms with E-state index in [1.807, 2.05) is 87.4 Å². The van der Waals surface area contributed by atoms with Crippen molar-refractivity contribution in [3.05, 3.63) is 211 Å². The maximum Gasteiger partial charge on any atom is 0.489 e. The van der Waals surface area contributed by atoms with E-state index in [9.17, 15) is 17.6 Å². The molecule has 0 bridgehead atoms. The third-order valence-electron chi connectivity index (χ3n) is 19.9. The number of benzene rings is 2. The number of anilines is 7. The van der Waals surface area contributed by atoms with Crippen molar-refractivity contribution < 1.29 is 45.8 Å². The Morgan fingerprint density at radius 2 is 1.02 bits per heavy atom. The number of halogens is 6. The number of nitrogen functional groups attached to an aromatic ring is 3. The van der Waals surface area contributed by atoms with Crippen LogP contribution in [-0.2, 0) is 39.3 Å². The van der Waals surface area contributed by atoms with Gasteiger partial charge < -0.3 is 75.5 Å². The van der Waals surface area contributed by atoms with Gasteiger partial charge in [0.1, 0.15) is 34.3 Å². The molecule has 658 valence electrons. The maximum absolute atomic E-state index is 14.5. The molecule has 15 rings (SSSR count). The van der Waals surface area contributed by atoms with E-state index in [0.717, 1.165) is 53.4 Å². The minimum atomic E-state index is -2.85. The number of fused-ring (bicyclic) bond motifs is 2. The number of imidazole rings is 2. The zero-order valence-corrected chi connectivity index (χ0v) is 73.7. The number of tetrazole rings is 2. The highest BCUT2D eigenvalue weighted by atomic mass is 79.9. The summed E-state index contributed by atoms with van der Waals surface area (Å²) in [5, 5.41) is 31.2. The smallest absolute Gasteiger partial charge is 0.489 e. The normalized spacial score (nSPS) is 14.8. The van der Waals surface area contributed by atoms with Crippen LogP contribution in [0.2, 0.25) is 5.15 Å². The van der Waals surface area contributed by atoms with Gasteiger partial charge >= 0.3 is 7.12 Å². The molecule has 8 N–H and O–H groups in total. The number of para-hydroxylation sites is 2. The van der Waals surface area contributed by atoms with Crippen LogP contribution in [0.5, 0.6) is 11.5 Å². The number of nitrogens with zero attached hydrogens (tertiary/aromatic N) is 22. The fraction of sp³-hybridized carbons (Fsp3) is 0.372. The molecule has 33 nitrogen and oxygen atoms in total. The minimum Gasteiger partial charge on any atom is -0.494 e. The van der Waals surface area contributed by atoms with Crippen molar-refractivity contribution in [2.45, 2.75) is 170 Å². The molecule has 0 amide bonds. The van der Waals surface area contributed by atoms with Gasteiger partial charge in [-0.2, -0.15) is 9.59 Å². The van der Waals surface area contributed by atoms with Gasteiger partial charge in [0, 0.05) is 47.5 Å². The third kappa shape index (κ3) is 23.3. The molecule has 3 aliphatic heterocycles. The first-order valence-corrected chi connectivity index (χ1v) is 40.5. The Morgan fingerprint density at radius 1 is 0.579 bits per heavy atom. The lowest BCUT2D eigenvalue weighted by Gasteiger charge is -2.32. The van der Waals surface area contributed by atoms with Crippen molar-refractivity contribution in [1.29, 1.82) is 0 Å². The topological polar surface area (TPSA) is 375 Å². The molecule has 10 aromatic heterocycles. The van der Waals surface area contributed by atoms with Crippen LogP contribution in [0.1, 0.15) is 192 Å². The predicted octanol–water partition coefficient (Wildman–Crippen LogP) is 20.7. The van der Waals surface area contributed by atoms with Crippen molar-refractivity contribution >= 4 is 126 Å². The SMILES string of the molecule is C.C=C(C)B1OC(C)(C)C(C)(C)O1.COc1c(Nc2cc(Cl)nc3c2nc(C(F)F)n3C2CCCCO2)cccc1-c1nnn(C)n1.[C-]#[N+]c1nc(Cc2cc(Nc3cccc(-c4nnn(C)n4)c3OC)c3nc(C(F)F)n(C4CCCCO4)c3n2)ccc1C(C)C.[C-]#[N+]c1nc(N)ccc1Br.[C-]#[N+]c1nc(N)ccc1C(=C)C.[C-]#[N+]c1nc(N)ccc1C(C)C. The molecule has 0 spiro atoms. The number of hydrogen-bond donors (Lipinski definition) is 5. The van der Waals surface area contributed by atoms with Crippen LogP contribution in [0.3, 0.4) is 0 Å². The molecule has 40 heteroatoms. The molecule has 0 saturated carbocycles. The van der Waals surface area contributed by atoms with Crippen molar-refractivity contribution in [3.8, 4) is 34.3 Å². The lowest BCUT2D eigenvalue weighted by Crippen LogP contribution is -2.41. The first-order valence-electron chi connectivity index (χ1n) is 39.3. The molecule has 12 aromatic rings. The summed E-state index contributed by atoms with van der Waals surface area (Å²) in [6.45, 7) is 56.5. The first-order chi connectivity index (χ1) is 59.5. The summed E-state index contributed by atoms with van der Waals surface area (Å²) in [6.07, 6.45) is -2.03. The highest BCUT2D eigenvalue weighted by Gasteiger charge is 2.51. The zero-order valence-electron chi connectivity index (χ0n) is 71.3. The van der Waals surface area contributed by atoms with Gasteiger partial charge in [0.25, 0.3) is 36.1 Å². The Hall–Kier alpha value is -13.1. The molecule has 2 unspecified atom stereocenters. The molecule has 126 heavy (non-hydrogen) atoms. The van der Waals surface area contributed by atoms with Gasteiger partial charge in [-0.3, -0.25) is 9.13 Å². The number of nitrogens with two attached hydrogens (primary N) is 3. The molecule has 2 aromatic carbocycles. The van der Waals surface area contributed by atoms with Crippen molar-refractivity contribution in [2.24, 2.45) is 14.1 Å². The summed E-state index contributed by atoms with van der Waals surface area (Å²) in [5.41, 5.74) is 25.4. The Balaban J connectivity index is 0.000000192. The molecule has 0 aliphatic carbocycles. The second-order valence-electron chi connectivity index (χ2n) is 30.3. The number of alkyl halides is 4. The van der Waals surface area contributed by atoms with Crippen molar-refractivity contribution in [2.75, 3.05) is 55.3 Å². The molecule has 3 fully saturated rings. The number of nitrogens with one attached hydrogen (secondary N) is 2. The van der Waals surface area contributed by atoms with Gasteiger partial charge in [0.15, 0.2) is 34.4 Å². The van der Waals surface area contributed by atoms with Gasteiger partial charge in [0.05, 0.1) is 85.5 Å². The van der Waals surface area contributed by atoms with Gasteiger partial charge in [-0.05, 0) is 150 Å². The molecular formula is C86H98BBrClF4N27O6. The van der Waals surface area contributed by atoms with Gasteiger partial charge in [-0.1, -0.05) is 143 Å². The largest absolute Gasteiger partial charge is 0.494 e. The Kier molecular flexibility index (Phi) is 33.0. The van der Waals surface area contributed by atoms with E-state index in [4.69, 9.17) is 88.3 Å². The molecule has 3 aliphatic rings. The summed E-state index contributed by atoms with van der Waals surface area (Å²) in [6, 6.07) is 28.2. The Bertz CT molecular complexity index is 6050. The van der Waals surface area contributed by atoms with E-state index >= 15 is 0 Å². The highest BCUT2D eigenvalue weighted by Crippen LogP contribution is 2.45. The van der Waals surface area contributed by atoms with Crippen LogP contribution < -0.4 is 37.3 Å². The Morgan fingerprint density at radius 3 is 1.42 bits per heavy atom. The van der Waals surface area contributed by atoms with Crippen LogP contribution in [0.4, 0.5) is 81.0 Å². The van der Waals surface area contributed by atoms with Crippen LogP contribution in [-0.4, -0.2) is 135 Å². The van der Waals surface area contributed by atoms with Crippen LogP contribution >= 0.6 is 27.5 Å². The third-order valence-corrected chi connectivity index (χ3v) is 20.7. The number of aromatic nitrogens is 18. The molecule has 13 heterocycles. The number of pyridine rings is 6. The molecular weight excluding hydrogens is 1710 g/mol. The summed E-state index contributed by atoms with van der Waals surface area (Å²) in [7, 11) is 6.13. The predicted molar refractivity (Wildman–Crippen MR) is 482 cm³/mol. The standard InChI is InChI=1S/C31H32F2N10O2.C21H21ClF2N8O2.C9H17BO2.C9H11N3.C9H9N3.C6H4BrN3.CH4/c1-17(2)20-13-12-18(35-28(20)34-3)15-19-16-23(37-22-10-8-9-21(26(22)44-5)29-39-41-42(4)40-29)25-30(36-19)43(31(38-25)27(32)33)24-11-6-7-14-45-24;1-31-29-19(28-30-31)11-6-5-7-12(17(11)33-2)25-13-10-14(22)26-20-16(13)27-21(18(23)24)32(20)15-8-3-4-9-34-15;1-7(2)10-11-8(3,4)9(5,6)12-10;2*1-6(2)7-4-5-8(10)12-9(7)11-3;1-9-6-4(7)2-3-5(8)10-6;/h8-10,12-13,16-17,24,27H,6-7,11,14-15H2,1-2,4-5H3,(H,36,37);5-7,10,15,18H,3-4,8-9H2,1-2H3,(H,25,26);1H2,2-6H3;4-6H,1-2H3,(H2,10,12);4-5H,1H2,2H3,(H2,10,12);2-3H,(H2,8,10);1H4. The van der Waals surface area contributed by atoms with Gasteiger partial charge in [-0.15, -0.1) is 46.9 Å². The summed E-state index contributed by atoms with van der Waals surface area (Å²) in [4.78, 5) is 50.0. The quantitative estimate of drug-likeness (QED) is 0.0230. The number of allylic oxidation sites excluding steroid dienone is 2. The summed E-state index contributed by atoms with van der Waals surface area (Å²) < 4.78 is 94.9. The second kappa shape index (κ2) is 43.0. The lowest BCUT2D eigenvalue weighted by molar-refractivity contribution is -0.0363. The number of aryl methyl sites for hydroxylation is 2. The van der Waals surface area contributed by atoms with E-state index in [1.54, 1.807) is 86.9 Å². The van der Waals surface area contributed by atoms with Crippen LogP contribution in [0.25, 0.3) is 70.1 Å². The summed E-state index contributed by atoms with van der Waals surface area (Å²) >= 11 is 9.47. The first kappa shape index (κ1) is 96.7. The average molecular weight is 1810 g/mol. The van der Waals surface area contributed by atoms with E-state index in [-0.39, 0.29) is 65.6 Å². The molecule has 2 atom stereocenters.